The fourth-order valence-electron chi connectivity index (χ4n) is 2.56. The third kappa shape index (κ3) is 2.11. The van der Waals surface area contributed by atoms with Gasteiger partial charge in [-0.2, -0.15) is 0 Å². The van der Waals surface area contributed by atoms with Gasteiger partial charge in [0.05, 0.1) is 0 Å². The number of thiophene rings is 1. The molecule has 0 aromatic carbocycles. The highest BCUT2D eigenvalue weighted by Gasteiger charge is 2.26. The average molecular weight is 223 g/mol. The van der Waals surface area contributed by atoms with Crippen molar-refractivity contribution in [1.82, 2.24) is 0 Å². The summed E-state index contributed by atoms with van der Waals surface area (Å²) in [6.45, 7) is 5.45. The first-order valence-corrected chi connectivity index (χ1v) is 6.83. The third-order valence-corrected chi connectivity index (χ3v) is 4.65. The number of hydrogen-bond acceptors (Lipinski definition) is 2. The Morgan fingerprint density at radius 1 is 1.33 bits per heavy atom. The molecule has 0 radical (unpaired) electrons. The monoisotopic (exact) mass is 223 g/mol. The highest BCUT2D eigenvalue weighted by Crippen LogP contribution is 2.38. The molecule has 0 saturated heterocycles. The maximum absolute atomic E-state index is 5.70. The normalized spacial score (nSPS) is 16.5. The van der Waals surface area contributed by atoms with Crippen LogP contribution in [-0.2, 0) is 18.3 Å². The molecule has 0 saturated carbocycles. The van der Waals surface area contributed by atoms with Gasteiger partial charge in [-0.05, 0) is 60.6 Å². The van der Waals surface area contributed by atoms with Crippen molar-refractivity contribution in [2.45, 2.75) is 51.4 Å². The number of nitrogens with two attached hydrogens (primary N) is 1. The molecule has 1 heterocycles. The minimum absolute atomic E-state index is 0.274. The maximum Gasteiger partial charge on any atom is 0.00802 e. The van der Waals surface area contributed by atoms with Gasteiger partial charge in [0.1, 0.15) is 0 Å². The smallest absolute Gasteiger partial charge is 0.00802 e. The van der Waals surface area contributed by atoms with Crippen LogP contribution in [0.2, 0.25) is 0 Å². The Morgan fingerprint density at radius 3 is 2.80 bits per heavy atom. The molecule has 0 atom stereocenters. The summed E-state index contributed by atoms with van der Waals surface area (Å²) < 4.78 is 0. The molecule has 1 aliphatic carbocycles. The van der Waals surface area contributed by atoms with E-state index in [-0.39, 0.29) is 5.41 Å². The number of hydrogen-bond donors (Lipinski definition) is 1. The first-order valence-electron chi connectivity index (χ1n) is 5.95. The van der Waals surface area contributed by atoms with Gasteiger partial charge >= 0.3 is 0 Å². The summed E-state index contributed by atoms with van der Waals surface area (Å²) >= 11 is 1.96. The van der Waals surface area contributed by atoms with Crippen LogP contribution < -0.4 is 5.73 Å². The fourth-order valence-corrected chi connectivity index (χ4v) is 3.90. The van der Waals surface area contributed by atoms with Crippen molar-refractivity contribution in [3.8, 4) is 0 Å². The van der Waals surface area contributed by atoms with Gasteiger partial charge in [0.15, 0.2) is 0 Å². The molecule has 1 aromatic rings. The topological polar surface area (TPSA) is 26.0 Å². The van der Waals surface area contributed by atoms with E-state index in [0.717, 1.165) is 13.0 Å². The average Bonchev–Trinajstić information content (AvgIpc) is 2.61. The predicted octanol–water partition coefficient (Wildman–Crippen LogP) is 3.25. The molecule has 2 rings (SSSR count). The number of fused-ring (bicyclic) bond motifs is 1. The zero-order valence-electron chi connectivity index (χ0n) is 9.81. The fraction of sp³-hybridized carbons (Fsp3) is 0.692. The molecule has 0 fully saturated rings. The van der Waals surface area contributed by atoms with E-state index < -0.39 is 0 Å². The molecule has 0 unspecified atom stereocenters. The van der Waals surface area contributed by atoms with Crippen molar-refractivity contribution < 1.29 is 0 Å². The van der Waals surface area contributed by atoms with Crippen molar-refractivity contribution in [3.63, 3.8) is 0 Å². The Morgan fingerprint density at radius 2 is 2.07 bits per heavy atom. The van der Waals surface area contributed by atoms with Crippen LogP contribution in [0.3, 0.4) is 0 Å². The molecule has 0 amide bonds. The van der Waals surface area contributed by atoms with E-state index in [1.807, 2.05) is 11.3 Å². The van der Waals surface area contributed by atoms with Crippen LogP contribution in [0.5, 0.6) is 0 Å². The molecule has 1 nitrogen and oxygen atoms in total. The van der Waals surface area contributed by atoms with Crippen molar-refractivity contribution in [2.24, 2.45) is 5.73 Å². The SMILES string of the molecule is CC(C)(CCN)c1csc2c1CCCC2. The second-order valence-electron chi connectivity index (χ2n) is 5.18. The lowest BCUT2D eigenvalue weighted by Crippen LogP contribution is -2.23. The maximum atomic E-state index is 5.70. The molecule has 1 aliphatic rings. The zero-order valence-corrected chi connectivity index (χ0v) is 10.6. The van der Waals surface area contributed by atoms with Crippen LogP contribution in [0.4, 0.5) is 0 Å². The van der Waals surface area contributed by atoms with E-state index in [9.17, 15) is 0 Å². The van der Waals surface area contributed by atoms with E-state index in [1.54, 1.807) is 16.0 Å². The predicted molar refractivity (Wildman–Crippen MR) is 67.7 cm³/mol. The highest BCUT2D eigenvalue weighted by atomic mass is 32.1. The second-order valence-corrected chi connectivity index (χ2v) is 6.14. The molecular formula is C13H21NS. The van der Waals surface area contributed by atoms with Gasteiger partial charge in [0.2, 0.25) is 0 Å². The molecule has 0 spiro atoms. The summed E-state index contributed by atoms with van der Waals surface area (Å²) in [5.41, 5.74) is 9.21. The van der Waals surface area contributed by atoms with Crippen molar-refractivity contribution in [1.29, 1.82) is 0 Å². The van der Waals surface area contributed by atoms with Crippen LogP contribution in [0.15, 0.2) is 5.38 Å². The summed E-state index contributed by atoms with van der Waals surface area (Å²) in [6, 6.07) is 0. The summed E-state index contributed by atoms with van der Waals surface area (Å²) in [5, 5.41) is 2.38. The van der Waals surface area contributed by atoms with Crippen LogP contribution in [0, 0.1) is 0 Å². The second kappa shape index (κ2) is 4.26. The van der Waals surface area contributed by atoms with Gasteiger partial charge in [-0.1, -0.05) is 13.8 Å². The minimum atomic E-state index is 0.274. The summed E-state index contributed by atoms with van der Waals surface area (Å²) in [6.07, 6.45) is 6.44. The van der Waals surface area contributed by atoms with E-state index in [1.165, 1.54) is 25.7 Å². The molecule has 2 N–H and O–H groups in total. The highest BCUT2D eigenvalue weighted by molar-refractivity contribution is 7.10. The molecule has 2 heteroatoms. The largest absolute Gasteiger partial charge is 0.330 e. The first kappa shape index (κ1) is 11.2. The molecule has 0 bridgehead atoms. The van der Waals surface area contributed by atoms with Crippen molar-refractivity contribution in [3.05, 3.63) is 21.4 Å². The Balaban J connectivity index is 2.32. The number of aryl methyl sites for hydroxylation is 1. The van der Waals surface area contributed by atoms with Crippen LogP contribution in [0.1, 0.15) is 49.1 Å². The van der Waals surface area contributed by atoms with Crippen LogP contribution >= 0.6 is 11.3 Å². The van der Waals surface area contributed by atoms with Crippen LogP contribution in [0.25, 0.3) is 0 Å². The molecule has 15 heavy (non-hydrogen) atoms. The third-order valence-electron chi connectivity index (χ3n) is 3.56. The first-order chi connectivity index (χ1) is 7.15. The lowest BCUT2D eigenvalue weighted by Gasteiger charge is -2.26. The van der Waals surface area contributed by atoms with Crippen molar-refractivity contribution >= 4 is 11.3 Å². The number of rotatable bonds is 3. The van der Waals surface area contributed by atoms with Crippen molar-refractivity contribution in [2.75, 3.05) is 6.54 Å². The summed E-state index contributed by atoms with van der Waals surface area (Å²) in [5.74, 6) is 0. The van der Waals surface area contributed by atoms with Crippen LogP contribution in [-0.4, -0.2) is 6.54 Å². The molecule has 84 valence electrons. The quantitative estimate of drug-likeness (QED) is 0.836. The van der Waals surface area contributed by atoms with Gasteiger partial charge in [-0.15, -0.1) is 11.3 Å². The van der Waals surface area contributed by atoms with E-state index in [4.69, 9.17) is 5.73 Å². The Kier molecular flexibility index (Phi) is 3.17. The van der Waals surface area contributed by atoms with E-state index >= 15 is 0 Å². The van der Waals surface area contributed by atoms with Gasteiger partial charge in [-0.3, -0.25) is 0 Å². The molecule has 0 aliphatic heterocycles. The van der Waals surface area contributed by atoms with E-state index in [2.05, 4.69) is 19.2 Å². The molecular weight excluding hydrogens is 202 g/mol. The van der Waals surface area contributed by atoms with Gasteiger partial charge in [-0.25, -0.2) is 0 Å². The van der Waals surface area contributed by atoms with Gasteiger partial charge in [0.25, 0.3) is 0 Å². The minimum Gasteiger partial charge on any atom is -0.330 e. The summed E-state index contributed by atoms with van der Waals surface area (Å²) in [7, 11) is 0. The Labute approximate surface area is 96.7 Å². The Hall–Kier alpha value is -0.340. The lowest BCUT2D eigenvalue weighted by molar-refractivity contribution is 0.481. The zero-order chi connectivity index (χ0) is 10.9. The van der Waals surface area contributed by atoms with Gasteiger partial charge < -0.3 is 5.73 Å². The standard InChI is InChI=1S/C13H21NS/c1-13(2,7-8-14)11-9-15-12-6-4-3-5-10(11)12/h9H,3-8,14H2,1-2H3. The summed E-state index contributed by atoms with van der Waals surface area (Å²) in [4.78, 5) is 1.64. The molecule has 1 aromatic heterocycles. The van der Waals surface area contributed by atoms with E-state index in [0.29, 0.717) is 0 Å². The van der Waals surface area contributed by atoms with Gasteiger partial charge in [0, 0.05) is 4.88 Å². The Bertz CT molecular complexity index is 338. The lowest BCUT2D eigenvalue weighted by atomic mass is 9.78.